The van der Waals surface area contributed by atoms with Crippen molar-refractivity contribution in [3.8, 4) is 0 Å². The summed E-state index contributed by atoms with van der Waals surface area (Å²) in [5.74, 6) is -0.221. The van der Waals surface area contributed by atoms with Crippen LogP contribution in [0.15, 0.2) is 16.5 Å². The van der Waals surface area contributed by atoms with E-state index in [1.165, 1.54) is 19.3 Å². The Labute approximate surface area is 119 Å². The average molecular weight is 278 g/mol. The third-order valence-corrected chi connectivity index (χ3v) is 4.98. The van der Waals surface area contributed by atoms with Gasteiger partial charge in [0.2, 0.25) is 5.76 Å². The van der Waals surface area contributed by atoms with E-state index in [1.54, 1.807) is 12.1 Å². The molecule has 0 spiro atoms. The number of aromatic carboxylic acids is 1. The summed E-state index contributed by atoms with van der Waals surface area (Å²) >= 11 is 0. The van der Waals surface area contributed by atoms with Crippen molar-refractivity contribution in [1.82, 2.24) is 9.80 Å². The van der Waals surface area contributed by atoms with Crippen molar-refractivity contribution in [1.29, 1.82) is 0 Å². The fraction of sp³-hybridized carbons (Fsp3) is 0.667. The van der Waals surface area contributed by atoms with Crippen LogP contribution in [0.2, 0.25) is 0 Å². The predicted octanol–water partition coefficient (Wildman–Crippen LogP) is 2.21. The Hall–Kier alpha value is -1.33. The largest absolute Gasteiger partial charge is 0.475 e. The molecule has 0 saturated carbocycles. The van der Waals surface area contributed by atoms with Gasteiger partial charge in [0.05, 0.1) is 6.04 Å². The monoisotopic (exact) mass is 278 g/mol. The molecule has 5 nitrogen and oxygen atoms in total. The van der Waals surface area contributed by atoms with Gasteiger partial charge in [0.15, 0.2) is 0 Å². The number of fused-ring (bicyclic) bond motifs is 2. The topological polar surface area (TPSA) is 56.9 Å². The lowest BCUT2D eigenvalue weighted by atomic mass is 10.1. The van der Waals surface area contributed by atoms with Crippen LogP contribution < -0.4 is 0 Å². The first kappa shape index (κ1) is 13.6. The number of rotatable bonds is 3. The standard InChI is InChI=1S/C15H22N2O3/c1-10(13-5-6-14(20-13)15(18)19)17-8-7-11-3-4-12(9-17)16(11)2/h5-6,10-12H,3-4,7-9H2,1-2H3,(H,18,19). The van der Waals surface area contributed by atoms with Crippen molar-refractivity contribution in [3.05, 3.63) is 23.7 Å². The molecule has 110 valence electrons. The normalized spacial score (nSPS) is 29.3. The molecular formula is C15H22N2O3. The van der Waals surface area contributed by atoms with Gasteiger partial charge in [-0.25, -0.2) is 4.79 Å². The molecule has 2 saturated heterocycles. The summed E-state index contributed by atoms with van der Waals surface area (Å²) in [6.45, 7) is 4.19. The lowest BCUT2D eigenvalue weighted by molar-refractivity contribution is 0.0655. The van der Waals surface area contributed by atoms with Crippen molar-refractivity contribution >= 4 is 5.97 Å². The van der Waals surface area contributed by atoms with Crippen LogP contribution in [0.1, 0.15) is 48.5 Å². The SMILES string of the molecule is CC(c1ccc(C(=O)O)o1)N1CCC2CCC(C1)N2C. The average Bonchev–Trinajstić information content (AvgIpc) is 2.95. The Morgan fingerprint density at radius 1 is 1.35 bits per heavy atom. The number of carboxylic acid groups (broad SMARTS) is 1. The Morgan fingerprint density at radius 2 is 2.10 bits per heavy atom. The first-order valence-electron chi connectivity index (χ1n) is 7.35. The quantitative estimate of drug-likeness (QED) is 0.918. The van der Waals surface area contributed by atoms with E-state index in [2.05, 4.69) is 23.8 Å². The van der Waals surface area contributed by atoms with E-state index in [1.807, 2.05) is 0 Å². The maximum absolute atomic E-state index is 10.9. The van der Waals surface area contributed by atoms with E-state index in [0.717, 1.165) is 18.8 Å². The van der Waals surface area contributed by atoms with Gasteiger partial charge in [-0.05, 0) is 45.4 Å². The van der Waals surface area contributed by atoms with Crippen LogP contribution in [0.25, 0.3) is 0 Å². The maximum atomic E-state index is 10.9. The molecule has 3 unspecified atom stereocenters. The van der Waals surface area contributed by atoms with Gasteiger partial charge in [-0.1, -0.05) is 0 Å². The lowest BCUT2D eigenvalue weighted by Gasteiger charge is -2.29. The van der Waals surface area contributed by atoms with E-state index in [9.17, 15) is 4.79 Å². The minimum Gasteiger partial charge on any atom is -0.475 e. The fourth-order valence-corrected chi connectivity index (χ4v) is 3.56. The Balaban J connectivity index is 1.73. The van der Waals surface area contributed by atoms with Gasteiger partial charge in [0.25, 0.3) is 0 Å². The molecule has 1 aromatic heterocycles. The zero-order valence-electron chi connectivity index (χ0n) is 12.1. The van der Waals surface area contributed by atoms with E-state index in [0.29, 0.717) is 12.1 Å². The number of nitrogens with zero attached hydrogens (tertiary/aromatic N) is 2. The molecule has 2 bridgehead atoms. The van der Waals surface area contributed by atoms with E-state index >= 15 is 0 Å². The number of carbonyl (C=O) groups is 1. The highest BCUT2D eigenvalue weighted by Crippen LogP contribution is 2.32. The van der Waals surface area contributed by atoms with Crippen molar-refractivity contribution in [2.24, 2.45) is 0 Å². The van der Waals surface area contributed by atoms with Gasteiger partial charge in [-0.3, -0.25) is 9.80 Å². The molecule has 3 heterocycles. The van der Waals surface area contributed by atoms with Crippen LogP contribution >= 0.6 is 0 Å². The van der Waals surface area contributed by atoms with Gasteiger partial charge in [0, 0.05) is 25.2 Å². The second-order valence-corrected chi connectivity index (χ2v) is 6.02. The minimum absolute atomic E-state index is 0.0281. The van der Waals surface area contributed by atoms with Crippen LogP contribution in [0.4, 0.5) is 0 Å². The van der Waals surface area contributed by atoms with Gasteiger partial charge in [-0.2, -0.15) is 0 Å². The summed E-state index contributed by atoms with van der Waals surface area (Å²) in [5, 5.41) is 8.94. The van der Waals surface area contributed by atoms with Gasteiger partial charge in [0.1, 0.15) is 5.76 Å². The van der Waals surface area contributed by atoms with Gasteiger partial charge >= 0.3 is 5.97 Å². The summed E-state index contributed by atoms with van der Waals surface area (Å²) in [5.41, 5.74) is 0. The number of likely N-dealkylation sites (tertiary alicyclic amines) is 1. The number of hydrogen-bond donors (Lipinski definition) is 1. The Bertz CT molecular complexity index is 499. The Kier molecular flexibility index (Phi) is 3.56. The van der Waals surface area contributed by atoms with Crippen LogP contribution in [0.5, 0.6) is 0 Å². The lowest BCUT2D eigenvalue weighted by Crippen LogP contribution is -2.37. The van der Waals surface area contributed by atoms with E-state index < -0.39 is 5.97 Å². The van der Waals surface area contributed by atoms with Crippen LogP contribution in [0.3, 0.4) is 0 Å². The summed E-state index contributed by atoms with van der Waals surface area (Å²) < 4.78 is 5.45. The first-order chi connectivity index (χ1) is 9.56. The molecular weight excluding hydrogens is 256 g/mol. The molecule has 3 atom stereocenters. The molecule has 2 aliphatic rings. The summed E-state index contributed by atoms with van der Waals surface area (Å²) in [4.78, 5) is 15.8. The summed E-state index contributed by atoms with van der Waals surface area (Å²) in [6.07, 6.45) is 3.76. The van der Waals surface area contributed by atoms with Crippen LogP contribution in [-0.4, -0.2) is 53.1 Å². The molecule has 20 heavy (non-hydrogen) atoms. The highest BCUT2D eigenvalue weighted by molar-refractivity contribution is 5.84. The molecule has 0 aromatic carbocycles. The second kappa shape index (κ2) is 5.22. The molecule has 0 amide bonds. The third-order valence-electron chi connectivity index (χ3n) is 4.98. The van der Waals surface area contributed by atoms with Crippen molar-refractivity contribution < 1.29 is 14.3 Å². The highest BCUT2D eigenvalue weighted by atomic mass is 16.4. The smallest absolute Gasteiger partial charge is 0.371 e. The Morgan fingerprint density at radius 3 is 2.80 bits per heavy atom. The number of likely N-dealkylation sites (N-methyl/N-ethyl adjacent to an activating group) is 1. The summed E-state index contributed by atoms with van der Waals surface area (Å²) in [6, 6.07) is 4.81. The van der Waals surface area contributed by atoms with Gasteiger partial charge < -0.3 is 9.52 Å². The molecule has 5 heteroatoms. The molecule has 3 rings (SSSR count). The van der Waals surface area contributed by atoms with Crippen molar-refractivity contribution in [3.63, 3.8) is 0 Å². The minimum atomic E-state index is -1.00. The van der Waals surface area contributed by atoms with Crippen LogP contribution in [-0.2, 0) is 0 Å². The van der Waals surface area contributed by atoms with Gasteiger partial charge in [-0.15, -0.1) is 0 Å². The molecule has 1 aromatic rings. The number of hydrogen-bond acceptors (Lipinski definition) is 4. The predicted molar refractivity (Wildman–Crippen MR) is 74.8 cm³/mol. The zero-order valence-corrected chi connectivity index (χ0v) is 12.1. The second-order valence-electron chi connectivity index (χ2n) is 6.02. The molecule has 1 N–H and O–H groups in total. The highest BCUT2D eigenvalue weighted by Gasteiger charge is 2.36. The third kappa shape index (κ3) is 2.36. The number of furan rings is 1. The fourth-order valence-electron chi connectivity index (χ4n) is 3.56. The maximum Gasteiger partial charge on any atom is 0.371 e. The zero-order chi connectivity index (χ0) is 14.3. The molecule has 0 radical (unpaired) electrons. The number of carboxylic acids is 1. The molecule has 2 fully saturated rings. The summed E-state index contributed by atoms with van der Waals surface area (Å²) in [7, 11) is 2.23. The molecule has 2 aliphatic heterocycles. The van der Waals surface area contributed by atoms with E-state index in [4.69, 9.17) is 9.52 Å². The first-order valence-corrected chi connectivity index (χ1v) is 7.35. The van der Waals surface area contributed by atoms with Crippen molar-refractivity contribution in [2.45, 2.75) is 44.3 Å². The molecule has 0 aliphatic carbocycles. The van der Waals surface area contributed by atoms with Crippen LogP contribution in [0, 0.1) is 0 Å². The van der Waals surface area contributed by atoms with Crippen molar-refractivity contribution in [2.75, 3.05) is 20.1 Å². The van der Waals surface area contributed by atoms with E-state index in [-0.39, 0.29) is 11.8 Å².